The van der Waals surface area contributed by atoms with Gasteiger partial charge in [0.2, 0.25) is 5.91 Å². The molecular formula is C14H18Cl2N2O3. The van der Waals surface area contributed by atoms with Crippen molar-refractivity contribution in [1.29, 1.82) is 0 Å². The number of amides is 2. The zero-order valence-corrected chi connectivity index (χ0v) is 13.4. The van der Waals surface area contributed by atoms with Gasteiger partial charge in [-0.2, -0.15) is 0 Å². The summed E-state index contributed by atoms with van der Waals surface area (Å²) < 4.78 is 5.25. The molecule has 0 aliphatic carbocycles. The van der Waals surface area contributed by atoms with Gasteiger partial charge in [0.15, 0.2) is 6.61 Å². The van der Waals surface area contributed by atoms with Crippen LogP contribution in [0.15, 0.2) is 18.2 Å². The number of nitrogens with one attached hydrogen (secondary N) is 2. The SMILES string of the molecule is CCC(C)NC(=O)CNC(=O)COc1ccc(Cl)cc1Cl. The van der Waals surface area contributed by atoms with Crippen molar-refractivity contribution in [3.05, 3.63) is 28.2 Å². The van der Waals surface area contributed by atoms with Crippen molar-refractivity contribution in [2.75, 3.05) is 13.2 Å². The fourth-order valence-corrected chi connectivity index (χ4v) is 1.86. The van der Waals surface area contributed by atoms with Crippen molar-refractivity contribution in [1.82, 2.24) is 10.6 Å². The number of benzene rings is 1. The summed E-state index contributed by atoms with van der Waals surface area (Å²) in [5, 5.41) is 6.02. The molecular weight excluding hydrogens is 315 g/mol. The number of halogens is 2. The molecule has 0 heterocycles. The summed E-state index contributed by atoms with van der Waals surface area (Å²) in [6.07, 6.45) is 0.831. The van der Waals surface area contributed by atoms with Crippen molar-refractivity contribution in [2.45, 2.75) is 26.3 Å². The van der Waals surface area contributed by atoms with E-state index < -0.39 is 5.91 Å². The molecule has 116 valence electrons. The quantitative estimate of drug-likeness (QED) is 0.805. The van der Waals surface area contributed by atoms with Crippen LogP contribution < -0.4 is 15.4 Å². The zero-order valence-electron chi connectivity index (χ0n) is 11.9. The molecule has 0 bridgehead atoms. The highest BCUT2D eigenvalue weighted by atomic mass is 35.5. The fourth-order valence-electron chi connectivity index (χ4n) is 1.39. The molecule has 0 aliphatic heterocycles. The molecule has 0 saturated carbocycles. The maximum atomic E-state index is 11.6. The summed E-state index contributed by atoms with van der Waals surface area (Å²) in [4.78, 5) is 23.0. The normalized spacial score (nSPS) is 11.6. The molecule has 7 heteroatoms. The van der Waals surface area contributed by atoms with Crippen molar-refractivity contribution in [3.63, 3.8) is 0 Å². The summed E-state index contributed by atoms with van der Waals surface area (Å²) in [7, 11) is 0. The van der Waals surface area contributed by atoms with Crippen LogP contribution in [0.4, 0.5) is 0 Å². The van der Waals surface area contributed by atoms with Crippen LogP contribution in [0.25, 0.3) is 0 Å². The molecule has 1 aromatic rings. The van der Waals surface area contributed by atoms with Gasteiger partial charge >= 0.3 is 0 Å². The first kappa shape index (κ1) is 17.6. The van der Waals surface area contributed by atoms with E-state index in [4.69, 9.17) is 27.9 Å². The van der Waals surface area contributed by atoms with E-state index in [0.717, 1.165) is 6.42 Å². The number of rotatable bonds is 7. The number of carbonyl (C=O) groups is 2. The average Bonchev–Trinajstić information content (AvgIpc) is 2.44. The van der Waals surface area contributed by atoms with Gasteiger partial charge in [-0.3, -0.25) is 9.59 Å². The van der Waals surface area contributed by atoms with E-state index in [1.54, 1.807) is 12.1 Å². The van der Waals surface area contributed by atoms with Crippen molar-refractivity contribution < 1.29 is 14.3 Å². The Morgan fingerprint density at radius 2 is 2.00 bits per heavy atom. The van der Waals surface area contributed by atoms with Gasteiger partial charge in [0.1, 0.15) is 5.75 Å². The van der Waals surface area contributed by atoms with Crippen LogP contribution in [0, 0.1) is 0 Å². The van der Waals surface area contributed by atoms with Crippen molar-refractivity contribution >= 4 is 35.0 Å². The Balaban J connectivity index is 2.32. The predicted molar refractivity (Wildman–Crippen MR) is 82.9 cm³/mol. The Bertz CT molecular complexity index is 509. The fraction of sp³-hybridized carbons (Fsp3) is 0.429. The Morgan fingerprint density at radius 3 is 2.62 bits per heavy atom. The maximum absolute atomic E-state index is 11.6. The van der Waals surface area contributed by atoms with E-state index in [2.05, 4.69) is 10.6 Å². The average molecular weight is 333 g/mol. The van der Waals surface area contributed by atoms with E-state index in [1.165, 1.54) is 6.07 Å². The van der Waals surface area contributed by atoms with Crippen LogP contribution in [0.5, 0.6) is 5.75 Å². The Labute approximate surface area is 133 Å². The molecule has 0 radical (unpaired) electrons. The minimum atomic E-state index is -0.402. The highest BCUT2D eigenvalue weighted by Gasteiger charge is 2.09. The first-order valence-electron chi connectivity index (χ1n) is 6.56. The Hall–Kier alpha value is -1.46. The molecule has 1 rings (SSSR count). The van der Waals surface area contributed by atoms with Gasteiger partial charge in [0.25, 0.3) is 5.91 Å². The van der Waals surface area contributed by atoms with E-state index in [0.29, 0.717) is 15.8 Å². The van der Waals surface area contributed by atoms with Gasteiger partial charge in [-0.25, -0.2) is 0 Å². The maximum Gasteiger partial charge on any atom is 0.258 e. The third kappa shape index (κ3) is 6.69. The van der Waals surface area contributed by atoms with Crippen LogP contribution in [-0.2, 0) is 9.59 Å². The number of hydrogen-bond donors (Lipinski definition) is 2. The molecule has 1 atom stereocenters. The smallest absolute Gasteiger partial charge is 0.258 e. The monoisotopic (exact) mass is 332 g/mol. The number of ether oxygens (including phenoxy) is 1. The molecule has 2 amide bonds. The van der Waals surface area contributed by atoms with Crippen LogP contribution in [0.3, 0.4) is 0 Å². The summed E-state index contributed by atoms with van der Waals surface area (Å²) >= 11 is 11.7. The summed E-state index contributed by atoms with van der Waals surface area (Å²) in [5.41, 5.74) is 0. The minimum Gasteiger partial charge on any atom is -0.482 e. The van der Waals surface area contributed by atoms with Crippen LogP contribution in [0.1, 0.15) is 20.3 Å². The summed E-state index contributed by atoms with van der Waals surface area (Å²) in [6.45, 7) is 3.55. The topological polar surface area (TPSA) is 67.4 Å². The Kier molecular flexibility index (Phi) is 7.32. The van der Waals surface area contributed by atoms with E-state index in [-0.39, 0.29) is 25.1 Å². The number of hydrogen-bond acceptors (Lipinski definition) is 3. The van der Waals surface area contributed by atoms with Gasteiger partial charge in [-0.1, -0.05) is 30.1 Å². The standard InChI is InChI=1S/C14H18Cl2N2O3/c1-3-9(2)18-13(19)7-17-14(20)8-21-12-5-4-10(15)6-11(12)16/h4-6,9H,3,7-8H2,1-2H3,(H,17,20)(H,18,19). The van der Waals surface area contributed by atoms with Crippen LogP contribution in [-0.4, -0.2) is 31.0 Å². The molecule has 1 aromatic carbocycles. The van der Waals surface area contributed by atoms with Gasteiger partial charge in [-0.15, -0.1) is 0 Å². The number of carbonyl (C=O) groups excluding carboxylic acids is 2. The van der Waals surface area contributed by atoms with Crippen molar-refractivity contribution in [3.8, 4) is 5.75 Å². The van der Waals surface area contributed by atoms with Gasteiger partial charge in [-0.05, 0) is 31.5 Å². The molecule has 2 N–H and O–H groups in total. The Morgan fingerprint density at radius 1 is 1.29 bits per heavy atom. The first-order valence-corrected chi connectivity index (χ1v) is 7.32. The molecule has 1 unspecified atom stereocenters. The highest BCUT2D eigenvalue weighted by molar-refractivity contribution is 6.35. The lowest BCUT2D eigenvalue weighted by Gasteiger charge is -2.12. The summed E-state index contributed by atoms with van der Waals surface area (Å²) in [5.74, 6) is -0.275. The molecule has 0 aliphatic rings. The zero-order chi connectivity index (χ0) is 15.8. The molecule has 0 fully saturated rings. The lowest BCUT2D eigenvalue weighted by molar-refractivity contribution is -0.127. The summed E-state index contributed by atoms with van der Waals surface area (Å²) in [6, 6.07) is 4.79. The molecule has 0 saturated heterocycles. The molecule has 0 aromatic heterocycles. The molecule has 0 spiro atoms. The second kappa shape index (κ2) is 8.74. The highest BCUT2D eigenvalue weighted by Crippen LogP contribution is 2.27. The predicted octanol–water partition coefficient (Wildman–Crippen LogP) is 2.40. The third-order valence-electron chi connectivity index (χ3n) is 2.72. The second-order valence-corrected chi connectivity index (χ2v) is 5.36. The van der Waals surface area contributed by atoms with E-state index in [9.17, 15) is 9.59 Å². The van der Waals surface area contributed by atoms with Gasteiger partial charge < -0.3 is 15.4 Å². The van der Waals surface area contributed by atoms with E-state index >= 15 is 0 Å². The van der Waals surface area contributed by atoms with E-state index in [1.807, 2.05) is 13.8 Å². The second-order valence-electron chi connectivity index (χ2n) is 4.52. The first-order chi connectivity index (χ1) is 9.92. The largest absolute Gasteiger partial charge is 0.482 e. The van der Waals surface area contributed by atoms with Crippen molar-refractivity contribution in [2.24, 2.45) is 0 Å². The lowest BCUT2D eigenvalue weighted by atomic mass is 10.2. The van der Waals surface area contributed by atoms with Crippen LogP contribution in [0.2, 0.25) is 10.0 Å². The molecule has 5 nitrogen and oxygen atoms in total. The van der Waals surface area contributed by atoms with Gasteiger partial charge in [0.05, 0.1) is 11.6 Å². The van der Waals surface area contributed by atoms with Gasteiger partial charge in [0, 0.05) is 11.1 Å². The lowest BCUT2D eigenvalue weighted by Crippen LogP contribution is -2.41. The van der Waals surface area contributed by atoms with Crippen LogP contribution >= 0.6 is 23.2 Å². The molecule has 21 heavy (non-hydrogen) atoms. The third-order valence-corrected chi connectivity index (χ3v) is 3.25. The minimum absolute atomic E-state index is 0.0820.